The molecule has 1 saturated heterocycles. The number of sulfonamides is 1. The van der Waals surface area contributed by atoms with Gasteiger partial charge in [0.1, 0.15) is 0 Å². The minimum Gasteiger partial charge on any atom is -0.493 e. The lowest BCUT2D eigenvalue weighted by Crippen LogP contribution is -2.49. The molecule has 162 valence electrons. The zero-order valence-electron chi connectivity index (χ0n) is 17.3. The van der Waals surface area contributed by atoms with Crippen molar-refractivity contribution in [2.75, 3.05) is 45.3 Å². The van der Waals surface area contributed by atoms with Crippen LogP contribution in [0, 0.1) is 0 Å². The van der Waals surface area contributed by atoms with Gasteiger partial charge >= 0.3 is 0 Å². The summed E-state index contributed by atoms with van der Waals surface area (Å²) in [4.78, 5) is 6.30. The highest BCUT2D eigenvalue weighted by atomic mass is 32.2. The highest BCUT2D eigenvalue weighted by molar-refractivity contribution is 7.89. The normalized spacial score (nSPS) is 15.0. The molecule has 0 saturated carbocycles. The first-order valence-electron chi connectivity index (χ1n) is 9.74. The Morgan fingerprint density at radius 3 is 2.29 bits per heavy atom. The quantitative estimate of drug-likeness (QED) is 0.573. The molecule has 0 aliphatic carbocycles. The van der Waals surface area contributed by atoms with Crippen LogP contribution >= 0.6 is 0 Å². The van der Waals surface area contributed by atoms with E-state index < -0.39 is 10.0 Å². The Hall–Kier alpha value is -3.24. The van der Waals surface area contributed by atoms with Crippen molar-refractivity contribution in [1.82, 2.24) is 19.5 Å². The molecule has 1 aromatic carbocycles. The van der Waals surface area contributed by atoms with Gasteiger partial charge in [-0.15, -0.1) is 10.2 Å². The molecule has 2 aromatic heterocycles. The number of piperazine rings is 1. The summed E-state index contributed by atoms with van der Waals surface area (Å²) in [6, 6.07) is 12.2. The molecule has 1 aliphatic rings. The van der Waals surface area contributed by atoms with E-state index in [2.05, 4.69) is 15.2 Å². The molecular weight excluding hydrogens is 418 g/mol. The number of aromatic nitrogens is 3. The van der Waals surface area contributed by atoms with E-state index in [9.17, 15) is 8.42 Å². The number of hydrogen-bond donors (Lipinski definition) is 0. The molecular formula is C21H23N5O4S. The smallest absolute Gasteiger partial charge is 0.243 e. The van der Waals surface area contributed by atoms with Crippen molar-refractivity contribution in [3.63, 3.8) is 0 Å². The van der Waals surface area contributed by atoms with Crippen molar-refractivity contribution in [2.45, 2.75) is 4.90 Å². The Bertz CT molecular complexity index is 1130. The summed E-state index contributed by atoms with van der Waals surface area (Å²) in [5, 5.41) is 8.60. The van der Waals surface area contributed by atoms with Gasteiger partial charge in [-0.25, -0.2) is 8.42 Å². The average Bonchev–Trinajstić information content (AvgIpc) is 2.84. The molecule has 1 aliphatic heterocycles. The molecule has 0 radical (unpaired) electrons. The molecule has 3 heterocycles. The minimum absolute atomic E-state index is 0.180. The minimum atomic E-state index is -3.64. The van der Waals surface area contributed by atoms with Gasteiger partial charge in [0.15, 0.2) is 17.3 Å². The van der Waals surface area contributed by atoms with Crippen LogP contribution in [0.4, 0.5) is 5.82 Å². The topological polar surface area (TPSA) is 97.8 Å². The monoisotopic (exact) mass is 441 g/mol. The van der Waals surface area contributed by atoms with E-state index in [1.807, 2.05) is 29.2 Å². The van der Waals surface area contributed by atoms with Gasteiger partial charge in [0, 0.05) is 50.2 Å². The van der Waals surface area contributed by atoms with Gasteiger partial charge in [-0.2, -0.15) is 4.31 Å². The summed E-state index contributed by atoms with van der Waals surface area (Å²) in [5.41, 5.74) is 1.64. The first kappa shape index (κ1) is 21.0. The summed E-state index contributed by atoms with van der Waals surface area (Å²) in [6.45, 7) is 1.74. The molecule has 0 spiro atoms. The lowest BCUT2D eigenvalue weighted by molar-refractivity contribution is 0.353. The maximum atomic E-state index is 13.1. The van der Waals surface area contributed by atoms with Gasteiger partial charge < -0.3 is 14.4 Å². The molecule has 0 amide bonds. The third-order valence-electron chi connectivity index (χ3n) is 5.16. The SMILES string of the molecule is COc1ccc(S(=O)(=O)N2CCN(c3ccc(-c4cccnc4)nn3)CC2)cc1OC. The molecule has 9 nitrogen and oxygen atoms in total. The Kier molecular flexibility index (Phi) is 6.01. The van der Waals surface area contributed by atoms with Crippen molar-refractivity contribution in [2.24, 2.45) is 0 Å². The van der Waals surface area contributed by atoms with Crippen molar-refractivity contribution in [1.29, 1.82) is 0 Å². The second-order valence-corrected chi connectivity index (χ2v) is 8.86. The second kappa shape index (κ2) is 8.86. The van der Waals surface area contributed by atoms with E-state index in [0.717, 1.165) is 17.1 Å². The third kappa shape index (κ3) is 4.30. The van der Waals surface area contributed by atoms with Gasteiger partial charge in [-0.1, -0.05) is 0 Å². The third-order valence-corrected chi connectivity index (χ3v) is 7.06. The van der Waals surface area contributed by atoms with Gasteiger partial charge in [-0.05, 0) is 36.4 Å². The number of anilines is 1. The van der Waals surface area contributed by atoms with Crippen molar-refractivity contribution in [3.8, 4) is 22.8 Å². The second-order valence-electron chi connectivity index (χ2n) is 6.93. The molecule has 10 heteroatoms. The summed E-state index contributed by atoms with van der Waals surface area (Å²) >= 11 is 0. The Morgan fingerprint density at radius 2 is 1.68 bits per heavy atom. The number of hydrogen-bond acceptors (Lipinski definition) is 8. The maximum Gasteiger partial charge on any atom is 0.243 e. The van der Waals surface area contributed by atoms with Crippen LogP contribution < -0.4 is 14.4 Å². The van der Waals surface area contributed by atoms with Gasteiger partial charge in [0.2, 0.25) is 10.0 Å². The van der Waals surface area contributed by atoms with Gasteiger partial charge in [-0.3, -0.25) is 4.98 Å². The molecule has 0 bridgehead atoms. The van der Waals surface area contributed by atoms with Crippen LogP contribution in [-0.2, 0) is 10.0 Å². The molecule has 3 aromatic rings. The van der Waals surface area contributed by atoms with Crippen molar-refractivity contribution < 1.29 is 17.9 Å². The van der Waals surface area contributed by atoms with Crippen molar-refractivity contribution in [3.05, 3.63) is 54.9 Å². The van der Waals surface area contributed by atoms with E-state index in [1.165, 1.54) is 30.7 Å². The number of rotatable bonds is 6. The van der Waals surface area contributed by atoms with Crippen LogP contribution in [0.1, 0.15) is 0 Å². The lowest BCUT2D eigenvalue weighted by Gasteiger charge is -2.34. The Balaban J connectivity index is 1.44. The van der Waals surface area contributed by atoms with E-state index in [1.54, 1.807) is 18.5 Å². The first-order chi connectivity index (χ1) is 15.0. The predicted molar refractivity (Wildman–Crippen MR) is 116 cm³/mol. The average molecular weight is 442 g/mol. The standard InChI is InChI=1S/C21H23N5O4S/c1-29-19-7-5-17(14-20(19)30-2)31(27,28)26-12-10-25(11-13-26)21-8-6-18(23-24-21)16-4-3-9-22-15-16/h3-9,14-15H,10-13H2,1-2H3. The first-order valence-corrected chi connectivity index (χ1v) is 11.2. The van der Waals surface area contributed by atoms with Crippen LogP contribution in [0.15, 0.2) is 59.8 Å². The Morgan fingerprint density at radius 1 is 0.903 bits per heavy atom. The summed E-state index contributed by atoms with van der Waals surface area (Å²) < 4.78 is 38.1. The summed E-state index contributed by atoms with van der Waals surface area (Å²) in [6.07, 6.45) is 3.45. The zero-order chi connectivity index (χ0) is 21.8. The molecule has 0 unspecified atom stereocenters. The maximum absolute atomic E-state index is 13.1. The molecule has 0 N–H and O–H groups in total. The number of nitrogens with zero attached hydrogens (tertiary/aromatic N) is 5. The van der Waals surface area contributed by atoms with Crippen LogP contribution in [0.2, 0.25) is 0 Å². The fourth-order valence-corrected chi connectivity index (χ4v) is 4.88. The highest BCUT2D eigenvalue weighted by Crippen LogP contribution is 2.31. The molecule has 1 fully saturated rings. The van der Waals surface area contributed by atoms with Gasteiger partial charge in [0.25, 0.3) is 0 Å². The van der Waals surface area contributed by atoms with E-state index in [-0.39, 0.29) is 4.90 Å². The number of methoxy groups -OCH3 is 2. The number of benzene rings is 1. The predicted octanol–water partition coefficient (Wildman–Crippen LogP) is 2.07. The zero-order valence-corrected chi connectivity index (χ0v) is 18.1. The molecule has 4 rings (SSSR count). The largest absolute Gasteiger partial charge is 0.493 e. The number of pyridine rings is 1. The van der Waals surface area contributed by atoms with Crippen LogP contribution in [-0.4, -0.2) is 68.3 Å². The Labute approximate surface area is 181 Å². The van der Waals surface area contributed by atoms with Crippen molar-refractivity contribution >= 4 is 15.8 Å². The van der Waals surface area contributed by atoms with Crippen LogP contribution in [0.25, 0.3) is 11.3 Å². The van der Waals surface area contributed by atoms with Crippen LogP contribution in [0.5, 0.6) is 11.5 Å². The van der Waals surface area contributed by atoms with E-state index in [4.69, 9.17) is 9.47 Å². The molecule has 31 heavy (non-hydrogen) atoms. The molecule has 0 atom stereocenters. The van der Waals surface area contributed by atoms with Crippen LogP contribution in [0.3, 0.4) is 0 Å². The number of ether oxygens (including phenoxy) is 2. The highest BCUT2D eigenvalue weighted by Gasteiger charge is 2.29. The summed E-state index contributed by atoms with van der Waals surface area (Å²) in [5.74, 6) is 1.58. The summed E-state index contributed by atoms with van der Waals surface area (Å²) in [7, 11) is -0.649. The fourth-order valence-electron chi connectivity index (χ4n) is 3.45. The van der Waals surface area contributed by atoms with E-state index in [0.29, 0.717) is 37.7 Å². The van der Waals surface area contributed by atoms with Gasteiger partial charge in [0.05, 0.1) is 24.8 Å². The fraction of sp³-hybridized carbons (Fsp3) is 0.286. The van der Waals surface area contributed by atoms with E-state index >= 15 is 0 Å². The lowest BCUT2D eigenvalue weighted by atomic mass is 10.2.